The van der Waals surface area contributed by atoms with Gasteiger partial charge in [-0.05, 0) is 43.0 Å². The Kier molecular flexibility index (Phi) is 3.63. The van der Waals surface area contributed by atoms with E-state index in [0.717, 1.165) is 24.4 Å². The van der Waals surface area contributed by atoms with Gasteiger partial charge in [0.25, 0.3) is 0 Å². The summed E-state index contributed by atoms with van der Waals surface area (Å²) in [6.45, 7) is 3.99. The standard InChI is InChI=1S/C14H17ClN4O/c1-9-5-11(15)6-10-3-2-4-19(14(9)10)8-12-17-13(7-16)20-18-12/h5-6H,2-4,7-8,16H2,1H3. The van der Waals surface area contributed by atoms with E-state index >= 15 is 0 Å². The van der Waals surface area contributed by atoms with Gasteiger partial charge in [-0.15, -0.1) is 0 Å². The predicted molar refractivity (Wildman–Crippen MR) is 77.7 cm³/mol. The van der Waals surface area contributed by atoms with Crippen LogP contribution in [0.15, 0.2) is 16.7 Å². The van der Waals surface area contributed by atoms with Crippen molar-refractivity contribution >= 4 is 17.3 Å². The van der Waals surface area contributed by atoms with E-state index in [9.17, 15) is 0 Å². The third-order valence-electron chi connectivity index (χ3n) is 3.55. The van der Waals surface area contributed by atoms with Crippen LogP contribution in [0.3, 0.4) is 0 Å². The molecule has 106 valence electrons. The molecule has 0 saturated heterocycles. The fraction of sp³-hybridized carbons (Fsp3) is 0.429. The summed E-state index contributed by atoms with van der Waals surface area (Å²) in [5, 5.41) is 4.77. The molecule has 20 heavy (non-hydrogen) atoms. The Bertz CT molecular complexity index is 626. The number of hydrogen-bond acceptors (Lipinski definition) is 5. The van der Waals surface area contributed by atoms with Crippen molar-refractivity contribution in [1.29, 1.82) is 0 Å². The molecule has 1 aromatic carbocycles. The zero-order valence-electron chi connectivity index (χ0n) is 11.4. The molecule has 0 atom stereocenters. The average Bonchev–Trinajstić information content (AvgIpc) is 2.86. The van der Waals surface area contributed by atoms with Gasteiger partial charge in [0.05, 0.1) is 13.1 Å². The summed E-state index contributed by atoms with van der Waals surface area (Å²) < 4.78 is 5.06. The van der Waals surface area contributed by atoms with Crippen LogP contribution in [-0.4, -0.2) is 16.7 Å². The number of halogens is 1. The first-order valence-corrected chi connectivity index (χ1v) is 7.10. The van der Waals surface area contributed by atoms with Crippen molar-refractivity contribution < 1.29 is 4.52 Å². The molecule has 0 aliphatic carbocycles. The molecule has 3 rings (SSSR count). The highest BCUT2D eigenvalue weighted by Crippen LogP contribution is 2.33. The van der Waals surface area contributed by atoms with Crippen LogP contribution in [0.2, 0.25) is 5.02 Å². The summed E-state index contributed by atoms with van der Waals surface area (Å²) in [5.74, 6) is 1.15. The highest BCUT2D eigenvalue weighted by molar-refractivity contribution is 6.30. The van der Waals surface area contributed by atoms with Crippen molar-refractivity contribution in [2.75, 3.05) is 11.4 Å². The highest BCUT2D eigenvalue weighted by Gasteiger charge is 2.21. The molecule has 0 saturated carbocycles. The molecule has 0 radical (unpaired) electrons. The van der Waals surface area contributed by atoms with E-state index in [1.807, 2.05) is 6.07 Å². The van der Waals surface area contributed by atoms with E-state index < -0.39 is 0 Å². The van der Waals surface area contributed by atoms with E-state index in [1.165, 1.54) is 16.8 Å². The van der Waals surface area contributed by atoms with Crippen LogP contribution in [0.5, 0.6) is 0 Å². The Balaban J connectivity index is 1.89. The van der Waals surface area contributed by atoms with Gasteiger partial charge in [-0.25, -0.2) is 0 Å². The van der Waals surface area contributed by atoms with E-state index in [0.29, 0.717) is 18.3 Å². The first-order valence-electron chi connectivity index (χ1n) is 6.73. The molecule has 6 heteroatoms. The van der Waals surface area contributed by atoms with Gasteiger partial charge in [0.2, 0.25) is 5.89 Å². The fourth-order valence-corrected chi connectivity index (χ4v) is 3.08. The zero-order chi connectivity index (χ0) is 14.1. The van der Waals surface area contributed by atoms with Crippen molar-refractivity contribution in [3.05, 3.63) is 40.0 Å². The second-order valence-electron chi connectivity index (χ2n) is 5.06. The van der Waals surface area contributed by atoms with Crippen molar-refractivity contribution in [1.82, 2.24) is 10.1 Å². The minimum atomic E-state index is 0.276. The maximum atomic E-state index is 6.14. The fourth-order valence-electron chi connectivity index (χ4n) is 2.79. The molecule has 0 fully saturated rings. The summed E-state index contributed by atoms with van der Waals surface area (Å²) in [7, 11) is 0. The van der Waals surface area contributed by atoms with Gasteiger partial charge < -0.3 is 15.2 Å². The lowest BCUT2D eigenvalue weighted by atomic mass is 9.98. The van der Waals surface area contributed by atoms with E-state index in [1.54, 1.807) is 0 Å². The zero-order valence-corrected chi connectivity index (χ0v) is 12.2. The van der Waals surface area contributed by atoms with Gasteiger partial charge in [-0.1, -0.05) is 16.8 Å². The van der Waals surface area contributed by atoms with E-state index in [-0.39, 0.29) is 6.54 Å². The maximum absolute atomic E-state index is 6.14. The minimum absolute atomic E-state index is 0.276. The van der Waals surface area contributed by atoms with Gasteiger partial charge in [-0.2, -0.15) is 4.98 Å². The number of anilines is 1. The summed E-state index contributed by atoms with van der Waals surface area (Å²) in [5.41, 5.74) is 9.22. The van der Waals surface area contributed by atoms with Crippen LogP contribution in [0.25, 0.3) is 0 Å². The second-order valence-corrected chi connectivity index (χ2v) is 5.50. The first kappa shape index (κ1) is 13.4. The number of rotatable bonds is 3. The van der Waals surface area contributed by atoms with Gasteiger partial charge >= 0.3 is 0 Å². The van der Waals surface area contributed by atoms with Crippen LogP contribution < -0.4 is 10.6 Å². The molecule has 1 aliphatic rings. The Hall–Kier alpha value is -1.59. The van der Waals surface area contributed by atoms with Crippen molar-refractivity contribution in [2.45, 2.75) is 32.9 Å². The van der Waals surface area contributed by atoms with Crippen molar-refractivity contribution in [2.24, 2.45) is 5.73 Å². The molecule has 0 bridgehead atoms. The molecular formula is C14H17ClN4O. The highest BCUT2D eigenvalue weighted by atomic mass is 35.5. The van der Waals surface area contributed by atoms with Crippen molar-refractivity contribution in [3.8, 4) is 0 Å². The minimum Gasteiger partial charge on any atom is -0.363 e. The topological polar surface area (TPSA) is 68.2 Å². The summed E-state index contributed by atoms with van der Waals surface area (Å²) in [6, 6.07) is 4.05. The van der Waals surface area contributed by atoms with Crippen molar-refractivity contribution in [3.63, 3.8) is 0 Å². The summed E-state index contributed by atoms with van der Waals surface area (Å²) in [6.07, 6.45) is 2.17. The molecule has 2 heterocycles. The maximum Gasteiger partial charge on any atom is 0.240 e. The quantitative estimate of drug-likeness (QED) is 0.941. The third-order valence-corrected chi connectivity index (χ3v) is 3.77. The second kappa shape index (κ2) is 5.42. The lowest BCUT2D eigenvalue weighted by Crippen LogP contribution is -2.30. The molecule has 2 aromatic rings. The number of hydrogen-bond donors (Lipinski definition) is 1. The molecule has 5 nitrogen and oxygen atoms in total. The van der Waals surface area contributed by atoms with Crippen LogP contribution in [0, 0.1) is 6.92 Å². The summed E-state index contributed by atoms with van der Waals surface area (Å²) in [4.78, 5) is 6.56. The molecule has 0 spiro atoms. The van der Waals surface area contributed by atoms with Gasteiger partial charge in [0.1, 0.15) is 0 Å². The monoisotopic (exact) mass is 292 g/mol. The molecule has 1 aromatic heterocycles. The molecule has 2 N–H and O–H groups in total. The SMILES string of the molecule is Cc1cc(Cl)cc2c1N(Cc1noc(CN)n1)CCC2. The van der Waals surface area contributed by atoms with Crippen LogP contribution in [0.1, 0.15) is 29.3 Å². The van der Waals surface area contributed by atoms with E-state index in [4.69, 9.17) is 21.9 Å². The molecule has 0 amide bonds. The smallest absolute Gasteiger partial charge is 0.240 e. The Morgan fingerprint density at radius 1 is 1.45 bits per heavy atom. The number of aryl methyl sites for hydroxylation is 2. The first-order chi connectivity index (χ1) is 9.67. The van der Waals surface area contributed by atoms with Gasteiger partial charge in [0, 0.05) is 17.3 Å². The molecule has 1 aliphatic heterocycles. The predicted octanol–water partition coefficient (Wildman–Crippen LogP) is 2.44. The third kappa shape index (κ3) is 2.51. The van der Waals surface area contributed by atoms with Crippen LogP contribution >= 0.6 is 11.6 Å². The number of benzene rings is 1. The largest absolute Gasteiger partial charge is 0.363 e. The van der Waals surface area contributed by atoms with Crippen LogP contribution in [0.4, 0.5) is 5.69 Å². The van der Waals surface area contributed by atoms with Gasteiger partial charge in [0.15, 0.2) is 5.82 Å². The Morgan fingerprint density at radius 2 is 2.30 bits per heavy atom. The van der Waals surface area contributed by atoms with Gasteiger partial charge in [-0.3, -0.25) is 0 Å². The van der Waals surface area contributed by atoms with Crippen LogP contribution in [-0.2, 0) is 19.5 Å². The summed E-state index contributed by atoms with van der Waals surface area (Å²) >= 11 is 6.14. The normalized spacial score (nSPS) is 14.4. The average molecular weight is 293 g/mol. The number of fused-ring (bicyclic) bond motifs is 1. The lowest BCUT2D eigenvalue weighted by molar-refractivity contribution is 0.374. The van der Waals surface area contributed by atoms with E-state index in [2.05, 4.69) is 28.0 Å². The molecular weight excluding hydrogens is 276 g/mol. The Morgan fingerprint density at radius 3 is 3.05 bits per heavy atom. The Labute approximate surface area is 122 Å². The molecule has 0 unspecified atom stereocenters. The number of nitrogens with two attached hydrogens (primary N) is 1. The number of aromatic nitrogens is 2. The lowest BCUT2D eigenvalue weighted by Gasteiger charge is -2.32. The number of nitrogens with zero attached hydrogens (tertiary/aromatic N) is 3.